The van der Waals surface area contributed by atoms with Crippen LogP contribution in [0.1, 0.15) is 86.5 Å². The largest absolute Gasteiger partial charge is 0.472 e. The van der Waals surface area contributed by atoms with Crippen molar-refractivity contribution in [3.63, 3.8) is 0 Å². The Bertz CT molecular complexity index is 565. The normalized spacial score (nSPS) is 31.3. The summed E-state index contributed by atoms with van der Waals surface area (Å²) in [5, 5.41) is 0. The third-order valence-electron chi connectivity index (χ3n) is 6.53. The molecular weight excluding hydrogens is 371 g/mol. The molecule has 0 aromatic heterocycles. The van der Waals surface area contributed by atoms with Gasteiger partial charge in [0.1, 0.15) is 11.2 Å². The van der Waals surface area contributed by atoms with E-state index in [-0.39, 0.29) is 50.6 Å². The van der Waals surface area contributed by atoms with Gasteiger partial charge >= 0.3 is 0 Å². The standard InChI is InChI=1S/C21H34N2O2.Ni/c1-18(2,3)16-20(9-7-10-20)24-14(22-16)13-15-23-17(19(4,5)6)21(25-15)11-8-12-21;/h16-17H,7-13H2,1-6H3;/t16-,17-;/m1./s1. The van der Waals surface area contributed by atoms with Gasteiger partial charge in [0.15, 0.2) is 11.8 Å². The molecular formula is C21H34N2NiO2. The number of ether oxygens (including phenoxy) is 2. The van der Waals surface area contributed by atoms with Crippen LogP contribution in [0.5, 0.6) is 0 Å². The van der Waals surface area contributed by atoms with E-state index < -0.39 is 0 Å². The van der Waals surface area contributed by atoms with E-state index in [1.54, 1.807) is 0 Å². The van der Waals surface area contributed by atoms with Crippen LogP contribution in [-0.4, -0.2) is 35.1 Å². The van der Waals surface area contributed by atoms with Gasteiger partial charge in [0.25, 0.3) is 0 Å². The van der Waals surface area contributed by atoms with E-state index in [1.807, 2.05) is 0 Å². The second kappa shape index (κ2) is 6.22. The smallest absolute Gasteiger partial charge is 0.193 e. The molecule has 0 aromatic carbocycles. The van der Waals surface area contributed by atoms with Gasteiger partial charge in [-0.3, -0.25) is 0 Å². The molecule has 26 heavy (non-hydrogen) atoms. The molecule has 4 nitrogen and oxygen atoms in total. The predicted octanol–water partition coefficient (Wildman–Crippen LogP) is 4.91. The molecule has 0 N–H and O–H groups in total. The Labute approximate surface area is 168 Å². The summed E-state index contributed by atoms with van der Waals surface area (Å²) in [4.78, 5) is 10.0. The van der Waals surface area contributed by atoms with E-state index in [0.29, 0.717) is 6.42 Å². The molecule has 0 unspecified atom stereocenters. The summed E-state index contributed by atoms with van der Waals surface area (Å²) in [6.45, 7) is 13.6. The maximum Gasteiger partial charge on any atom is 0.193 e. The molecule has 2 atom stereocenters. The third kappa shape index (κ3) is 3.12. The van der Waals surface area contributed by atoms with Gasteiger partial charge in [-0.15, -0.1) is 0 Å². The molecule has 4 aliphatic rings. The van der Waals surface area contributed by atoms with Gasteiger partial charge in [-0.25, -0.2) is 9.98 Å². The van der Waals surface area contributed by atoms with E-state index in [0.717, 1.165) is 37.5 Å². The number of rotatable bonds is 2. The Morgan fingerprint density at radius 2 is 1.12 bits per heavy atom. The van der Waals surface area contributed by atoms with E-state index in [2.05, 4.69) is 41.5 Å². The summed E-state index contributed by atoms with van der Waals surface area (Å²) in [5.41, 5.74) is 0.155. The molecule has 0 saturated heterocycles. The maximum atomic E-state index is 6.42. The van der Waals surface area contributed by atoms with E-state index in [4.69, 9.17) is 19.5 Å². The fourth-order valence-corrected chi connectivity index (χ4v) is 5.22. The van der Waals surface area contributed by atoms with Crippen LogP contribution in [-0.2, 0) is 26.0 Å². The Kier molecular flexibility index (Phi) is 4.83. The second-order valence-corrected chi connectivity index (χ2v) is 10.8. The van der Waals surface area contributed by atoms with Gasteiger partial charge in [-0.1, -0.05) is 41.5 Å². The summed E-state index contributed by atoms with van der Waals surface area (Å²) in [6.07, 6.45) is 7.65. The quantitative estimate of drug-likeness (QED) is 0.613. The minimum absolute atomic E-state index is 0. The number of hydrogen-bond donors (Lipinski definition) is 0. The van der Waals surface area contributed by atoms with Crippen molar-refractivity contribution in [2.24, 2.45) is 20.8 Å². The van der Waals surface area contributed by atoms with Gasteiger partial charge in [-0.2, -0.15) is 0 Å². The molecule has 0 aromatic rings. The van der Waals surface area contributed by atoms with E-state index >= 15 is 0 Å². The first-order valence-corrected chi connectivity index (χ1v) is 10.1. The fourth-order valence-electron chi connectivity index (χ4n) is 5.22. The van der Waals surface area contributed by atoms with Crippen LogP contribution >= 0.6 is 0 Å². The number of hydrogen-bond acceptors (Lipinski definition) is 4. The molecule has 2 aliphatic carbocycles. The van der Waals surface area contributed by atoms with Crippen molar-refractivity contribution in [2.45, 2.75) is 110 Å². The Balaban J connectivity index is 0.00000196. The molecule has 2 heterocycles. The van der Waals surface area contributed by atoms with Gasteiger partial charge in [0.2, 0.25) is 0 Å². The van der Waals surface area contributed by atoms with Gasteiger partial charge in [0, 0.05) is 16.5 Å². The molecule has 4 rings (SSSR count). The zero-order valence-electron chi connectivity index (χ0n) is 17.1. The van der Waals surface area contributed by atoms with E-state index in [1.165, 1.54) is 12.8 Å². The van der Waals surface area contributed by atoms with E-state index in [9.17, 15) is 0 Å². The minimum Gasteiger partial charge on any atom is -0.472 e. The number of nitrogens with zero attached hydrogens (tertiary/aromatic N) is 2. The van der Waals surface area contributed by atoms with Crippen LogP contribution in [0.25, 0.3) is 0 Å². The predicted molar refractivity (Wildman–Crippen MR) is 101 cm³/mol. The molecule has 0 bridgehead atoms. The summed E-state index contributed by atoms with van der Waals surface area (Å²) >= 11 is 0. The fraction of sp³-hybridized carbons (Fsp3) is 0.905. The van der Waals surface area contributed by atoms with Crippen LogP contribution in [0, 0.1) is 10.8 Å². The van der Waals surface area contributed by atoms with Crippen molar-refractivity contribution in [1.82, 2.24) is 0 Å². The summed E-state index contributed by atoms with van der Waals surface area (Å²) < 4.78 is 12.8. The Morgan fingerprint density at radius 3 is 1.31 bits per heavy atom. The molecule has 2 saturated carbocycles. The molecule has 150 valence electrons. The zero-order chi connectivity index (χ0) is 18.1. The van der Waals surface area contributed by atoms with Crippen LogP contribution < -0.4 is 0 Å². The van der Waals surface area contributed by atoms with Crippen LogP contribution in [0.3, 0.4) is 0 Å². The molecule has 2 aliphatic heterocycles. The third-order valence-corrected chi connectivity index (χ3v) is 6.53. The van der Waals surface area contributed by atoms with Crippen LogP contribution in [0.2, 0.25) is 0 Å². The van der Waals surface area contributed by atoms with Gasteiger partial charge in [0.05, 0.1) is 18.5 Å². The van der Waals surface area contributed by atoms with Crippen molar-refractivity contribution >= 4 is 11.8 Å². The molecule has 2 spiro atoms. The summed E-state index contributed by atoms with van der Waals surface area (Å²) in [7, 11) is 0. The minimum atomic E-state index is -0.0513. The van der Waals surface area contributed by atoms with Crippen molar-refractivity contribution < 1.29 is 26.0 Å². The average Bonchev–Trinajstić information content (AvgIpc) is 2.95. The maximum absolute atomic E-state index is 6.42. The first kappa shape index (κ1) is 20.2. The first-order chi connectivity index (χ1) is 11.5. The monoisotopic (exact) mass is 404 g/mol. The average molecular weight is 405 g/mol. The van der Waals surface area contributed by atoms with Gasteiger partial charge in [-0.05, 0) is 49.4 Å². The van der Waals surface area contributed by atoms with Crippen LogP contribution in [0.15, 0.2) is 9.98 Å². The molecule has 2 fully saturated rings. The topological polar surface area (TPSA) is 43.2 Å². The summed E-state index contributed by atoms with van der Waals surface area (Å²) in [6, 6.07) is 0.503. The molecule has 0 amide bonds. The molecule has 0 radical (unpaired) electrons. The van der Waals surface area contributed by atoms with Crippen LogP contribution in [0.4, 0.5) is 0 Å². The SMILES string of the molecule is CC(C)(C)[C@H]1N=C(CC2=N[C@H](C(C)(C)C)C3(CCC3)O2)OC12CCC2.[Ni]. The second-order valence-electron chi connectivity index (χ2n) is 10.8. The van der Waals surface area contributed by atoms with Gasteiger partial charge < -0.3 is 9.47 Å². The van der Waals surface area contributed by atoms with Crippen molar-refractivity contribution in [3.05, 3.63) is 0 Å². The van der Waals surface area contributed by atoms with Crippen molar-refractivity contribution in [2.75, 3.05) is 0 Å². The van der Waals surface area contributed by atoms with Crippen molar-refractivity contribution in [1.29, 1.82) is 0 Å². The Hall–Kier alpha value is -0.566. The first-order valence-electron chi connectivity index (χ1n) is 10.1. The number of aliphatic imine (C=N–C) groups is 2. The molecule has 5 heteroatoms. The zero-order valence-corrected chi connectivity index (χ0v) is 18.1. The van der Waals surface area contributed by atoms with Crippen molar-refractivity contribution in [3.8, 4) is 0 Å². The summed E-state index contributed by atoms with van der Waals surface area (Å²) in [5.74, 6) is 1.70. The Morgan fingerprint density at radius 1 is 0.769 bits per heavy atom.